The van der Waals surface area contributed by atoms with Gasteiger partial charge in [-0.3, -0.25) is 0 Å². The number of fused-ring (bicyclic) bond motifs is 7. The molecule has 2 aromatic heterocycles. The number of hydrogen-bond acceptors (Lipinski definition) is 2. The number of nitrogens with zero attached hydrogens (tertiary/aromatic N) is 2. The average molecular weight is 779 g/mol. The Balaban J connectivity index is 0.861. The van der Waals surface area contributed by atoms with Crippen molar-refractivity contribution >= 4 is 71.6 Å². The van der Waals surface area contributed by atoms with Crippen molar-refractivity contribution in [1.82, 2.24) is 4.57 Å². The lowest BCUT2D eigenvalue weighted by Gasteiger charge is -2.27. The second-order valence-electron chi connectivity index (χ2n) is 15.7. The summed E-state index contributed by atoms with van der Waals surface area (Å²) in [5, 5.41) is 7.23. The van der Waals surface area contributed by atoms with E-state index in [9.17, 15) is 0 Å². The molecule has 3 heteroatoms. The highest BCUT2D eigenvalue weighted by Gasteiger charge is 2.18. The third-order valence-corrected chi connectivity index (χ3v) is 12.2. The molecule has 0 saturated carbocycles. The Bertz CT molecular complexity index is 3500. The van der Waals surface area contributed by atoms with Gasteiger partial charge in [0.05, 0.1) is 16.7 Å². The van der Waals surface area contributed by atoms with Crippen LogP contribution in [0.4, 0.5) is 17.1 Å². The van der Waals surface area contributed by atoms with Gasteiger partial charge in [0.1, 0.15) is 11.2 Å². The minimum atomic E-state index is 0.903. The molecular weight excluding hydrogens is 741 g/mol. The van der Waals surface area contributed by atoms with Crippen molar-refractivity contribution in [1.29, 1.82) is 0 Å². The van der Waals surface area contributed by atoms with E-state index in [1.807, 2.05) is 12.1 Å². The molecule has 0 aliphatic heterocycles. The van der Waals surface area contributed by atoms with Gasteiger partial charge >= 0.3 is 0 Å². The maximum absolute atomic E-state index is 6.23. The lowest BCUT2D eigenvalue weighted by Crippen LogP contribution is -2.10. The summed E-state index contributed by atoms with van der Waals surface area (Å²) in [6.45, 7) is 0. The number of furan rings is 1. The Kier molecular flexibility index (Phi) is 8.17. The van der Waals surface area contributed by atoms with Crippen molar-refractivity contribution in [2.45, 2.75) is 0 Å². The van der Waals surface area contributed by atoms with Crippen LogP contribution in [0, 0.1) is 0 Å². The SMILES string of the molecule is c1ccc2c(N(c3ccc(-c4ccc(-c5ccc(-n6c7ccccc7c7ccccc76)cc5)cc4)cc3)c3ccc(-c4cccc5oc6ccccc6c45)cc3)cccc2c1. The molecular formula is C58H38N2O. The first-order valence-corrected chi connectivity index (χ1v) is 20.8. The first-order chi connectivity index (χ1) is 30.2. The second kappa shape index (κ2) is 14.3. The highest BCUT2D eigenvalue weighted by Crippen LogP contribution is 2.42. The molecule has 2 heterocycles. The van der Waals surface area contributed by atoms with Crippen molar-refractivity contribution < 1.29 is 4.42 Å². The minimum absolute atomic E-state index is 0.903. The molecule has 0 atom stereocenters. The van der Waals surface area contributed by atoms with Gasteiger partial charge in [0.15, 0.2) is 0 Å². The van der Waals surface area contributed by atoms with Gasteiger partial charge < -0.3 is 13.9 Å². The van der Waals surface area contributed by atoms with Crippen molar-refractivity contribution in [3.05, 3.63) is 231 Å². The van der Waals surface area contributed by atoms with Crippen LogP contribution in [0.1, 0.15) is 0 Å². The second-order valence-corrected chi connectivity index (χ2v) is 15.7. The third-order valence-electron chi connectivity index (χ3n) is 12.2. The van der Waals surface area contributed by atoms with Crippen LogP contribution >= 0.6 is 0 Å². The molecule has 12 rings (SSSR count). The molecule has 61 heavy (non-hydrogen) atoms. The maximum Gasteiger partial charge on any atom is 0.136 e. The summed E-state index contributed by atoms with van der Waals surface area (Å²) in [5.74, 6) is 0. The Hall–Kier alpha value is -8.14. The number of hydrogen-bond donors (Lipinski definition) is 0. The Labute approximate surface area is 353 Å². The first-order valence-electron chi connectivity index (χ1n) is 20.8. The van der Waals surface area contributed by atoms with Crippen molar-refractivity contribution in [2.75, 3.05) is 4.90 Å². The summed E-state index contributed by atoms with van der Waals surface area (Å²) in [7, 11) is 0. The molecule has 0 amide bonds. The molecule has 0 unspecified atom stereocenters. The van der Waals surface area contributed by atoms with E-state index in [0.29, 0.717) is 0 Å². The van der Waals surface area contributed by atoms with Gasteiger partial charge in [-0.2, -0.15) is 0 Å². The zero-order valence-corrected chi connectivity index (χ0v) is 33.2. The van der Waals surface area contributed by atoms with Crippen LogP contribution in [-0.2, 0) is 0 Å². The normalized spacial score (nSPS) is 11.6. The van der Waals surface area contributed by atoms with E-state index in [1.54, 1.807) is 0 Å². The summed E-state index contributed by atoms with van der Waals surface area (Å²) >= 11 is 0. The van der Waals surface area contributed by atoms with Crippen molar-refractivity contribution in [3.8, 4) is 39.1 Å². The van der Waals surface area contributed by atoms with Crippen molar-refractivity contribution in [2.24, 2.45) is 0 Å². The van der Waals surface area contributed by atoms with Crippen molar-refractivity contribution in [3.63, 3.8) is 0 Å². The summed E-state index contributed by atoms with van der Waals surface area (Å²) < 4.78 is 8.59. The molecule has 0 fully saturated rings. The Morgan fingerprint density at radius 1 is 0.328 bits per heavy atom. The van der Waals surface area contributed by atoms with E-state index in [1.165, 1.54) is 54.8 Å². The molecule has 286 valence electrons. The third kappa shape index (κ3) is 5.90. The monoisotopic (exact) mass is 778 g/mol. The van der Waals surface area contributed by atoms with Crippen LogP contribution < -0.4 is 4.90 Å². The molecule has 10 aromatic carbocycles. The molecule has 0 saturated heterocycles. The molecule has 0 aliphatic carbocycles. The minimum Gasteiger partial charge on any atom is -0.456 e. The first kappa shape index (κ1) is 34.9. The van der Waals surface area contributed by atoms with E-state index in [2.05, 4.69) is 228 Å². The molecule has 0 radical (unpaired) electrons. The van der Waals surface area contributed by atoms with E-state index < -0.39 is 0 Å². The zero-order valence-electron chi connectivity index (χ0n) is 33.2. The highest BCUT2D eigenvalue weighted by molar-refractivity contribution is 6.12. The molecule has 3 nitrogen and oxygen atoms in total. The van der Waals surface area contributed by atoms with E-state index in [4.69, 9.17) is 4.42 Å². The van der Waals surface area contributed by atoms with E-state index >= 15 is 0 Å². The van der Waals surface area contributed by atoms with Crippen LogP contribution in [0.2, 0.25) is 0 Å². The largest absolute Gasteiger partial charge is 0.456 e. The summed E-state index contributed by atoms with van der Waals surface area (Å²) in [6.07, 6.45) is 0. The van der Waals surface area contributed by atoms with Gasteiger partial charge in [-0.1, -0.05) is 164 Å². The van der Waals surface area contributed by atoms with Crippen LogP contribution in [-0.4, -0.2) is 4.57 Å². The molecule has 0 aliphatic rings. The maximum atomic E-state index is 6.23. The number of aromatic nitrogens is 1. The molecule has 0 spiro atoms. The number of para-hydroxylation sites is 3. The Morgan fingerprint density at radius 2 is 0.787 bits per heavy atom. The fourth-order valence-corrected chi connectivity index (χ4v) is 9.30. The van der Waals surface area contributed by atoms with Crippen LogP contribution in [0.15, 0.2) is 235 Å². The van der Waals surface area contributed by atoms with Gasteiger partial charge in [-0.25, -0.2) is 0 Å². The number of rotatable bonds is 7. The summed E-state index contributed by atoms with van der Waals surface area (Å²) in [6, 6.07) is 82.9. The molecule has 0 N–H and O–H groups in total. The van der Waals surface area contributed by atoms with Crippen LogP contribution in [0.3, 0.4) is 0 Å². The zero-order chi connectivity index (χ0) is 40.3. The standard InChI is InChI=1S/C58H38N2O/c1-2-13-48-43(11-1)12-9-20-53(48)59(46-37-31-44(32-38-46)49-17-10-22-57-58(49)52-16-5-8-21-56(52)61-57)45-33-27-41(28-34-45)39-23-25-40(26-24-39)42-29-35-47(36-30-42)60-54-18-6-3-14-50(54)51-15-4-7-19-55(51)60/h1-38H. The lowest BCUT2D eigenvalue weighted by molar-refractivity contribution is 0.669. The van der Waals surface area contributed by atoms with Gasteiger partial charge in [-0.15, -0.1) is 0 Å². The topological polar surface area (TPSA) is 21.3 Å². The van der Waals surface area contributed by atoms with Crippen LogP contribution in [0.5, 0.6) is 0 Å². The van der Waals surface area contributed by atoms with Gasteiger partial charge in [0.2, 0.25) is 0 Å². The predicted octanol–water partition coefficient (Wildman–Crippen LogP) is 16.3. The van der Waals surface area contributed by atoms with E-state index in [0.717, 1.165) is 55.8 Å². The fraction of sp³-hybridized carbons (Fsp3) is 0. The summed E-state index contributed by atoms with van der Waals surface area (Å²) in [5.41, 5.74) is 15.8. The highest BCUT2D eigenvalue weighted by atomic mass is 16.3. The predicted molar refractivity (Wildman–Crippen MR) is 257 cm³/mol. The quantitative estimate of drug-likeness (QED) is 0.161. The molecule has 0 bridgehead atoms. The van der Waals surface area contributed by atoms with Gasteiger partial charge in [-0.05, 0) is 105 Å². The fourth-order valence-electron chi connectivity index (χ4n) is 9.30. The summed E-state index contributed by atoms with van der Waals surface area (Å²) in [4.78, 5) is 2.37. The van der Waals surface area contributed by atoms with E-state index in [-0.39, 0.29) is 0 Å². The smallest absolute Gasteiger partial charge is 0.136 e. The van der Waals surface area contributed by atoms with Gasteiger partial charge in [0.25, 0.3) is 0 Å². The van der Waals surface area contributed by atoms with Gasteiger partial charge in [0, 0.05) is 44.0 Å². The number of benzene rings is 10. The molecule has 12 aromatic rings. The van der Waals surface area contributed by atoms with Crippen LogP contribution in [0.25, 0.3) is 93.6 Å². The Morgan fingerprint density at radius 3 is 1.43 bits per heavy atom. The average Bonchev–Trinajstić information content (AvgIpc) is 3.89. The lowest BCUT2D eigenvalue weighted by atomic mass is 9.98. The number of anilines is 3.